The molecule has 0 bridgehead atoms. The van der Waals surface area contributed by atoms with Crippen molar-refractivity contribution >= 4 is 5.91 Å². The van der Waals surface area contributed by atoms with E-state index in [-0.39, 0.29) is 12.5 Å². The van der Waals surface area contributed by atoms with Gasteiger partial charge >= 0.3 is 0 Å². The Morgan fingerprint density at radius 3 is 1.90 bits per heavy atom. The number of aryl methyl sites for hydroxylation is 1. The molecule has 3 nitrogen and oxygen atoms in total. The van der Waals surface area contributed by atoms with Crippen LogP contribution in [0.5, 0.6) is 5.75 Å². The van der Waals surface area contributed by atoms with E-state index in [4.69, 9.17) is 4.74 Å². The molecule has 0 atom stereocenters. The Kier molecular flexibility index (Phi) is 16.3. The van der Waals surface area contributed by atoms with Gasteiger partial charge in [-0.3, -0.25) is 4.79 Å². The van der Waals surface area contributed by atoms with Gasteiger partial charge in [0.15, 0.2) is 6.61 Å². The number of hydrogen-bond donors (Lipinski definition) is 1. The maximum atomic E-state index is 11.9. The van der Waals surface area contributed by atoms with Crippen molar-refractivity contribution in [1.29, 1.82) is 0 Å². The molecule has 166 valence electrons. The Morgan fingerprint density at radius 1 is 0.793 bits per heavy atom. The molecular weight excluding hydrogens is 358 g/mol. The molecule has 0 fully saturated rings. The normalized spacial score (nSPS) is 10.8. The van der Waals surface area contributed by atoms with Crippen molar-refractivity contribution in [2.24, 2.45) is 0 Å². The summed E-state index contributed by atoms with van der Waals surface area (Å²) in [6.45, 7) is 5.25. The third kappa shape index (κ3) is 15.1. The minimum absolute atomic E-state index is 0.0263. The van der Waals surface area contributed by atoms with Crippen LogP contribution in [0.2, 0.25) is 0 Å². The van der Waals surface area contributed by atoms with Crippen LogP contribution in [0.4, 0.5) is 0 Å². The summed E-state index contributed by atoms with van der Waals surface area (Å²) in [4.78, 5) is 11.9. The smallest absolute Gasteiger partial charge is 0.257 e. The first kappa shape index (κ1) is 25.5. The maximum absolute atomic E-state index is 11.9. The van der Waals surface area contributed by atoms with Gasteiger partial charge in [0.25, 0.3) is 5.91 Å². The molecule has 29 heavy (non-hydrogen) atoms. The lowest BCUT2D eigenvalue weighted by atomic mass is 10.0. The van der Waals surface area contributed by atoms with Crippen LogP contribution < -0.4 is 10.1 Å². The first-order chi connectivity index (χ1) is 14.3. The predicted molar refractivity (Wildman–Crippen MR) is 125 cm³/mol. The number of ether oxygens (including phenoxy) is 1. The Labute approximate surface area is 180 Å². The van der Waals surface area contributed by atoms with Gasteiger partial charge in [-0.15, -0.1) is 0 Å². The van der Waals surface area contributed by atoms with E-state index in [1.807, 2.05) is 18.2 Å². The van der Waals surface area contributed by atoms with Crippen LogP contribution in [-0.4, -0.2) is 19.1 Å². The Balaban J connectivity index is 1.84. The van der Waals surface area contributed by atoms with Gasteiger partial charge < -0.3 is 10.1 Å². The summed E-state index contributed by atoms with van der Waals surface area (Å²) in [6, 6.07) is 7.95. The van der Waals surface area contributed by atoms with Gasteiger partial charge in [0, 0.05) is 6.54 Å². The fraction of sp³-hybridized carbons (Fsp3) is 0.731. The second-order valence-corrected chi connectivity index (χ2v) is 8.24. The number of carbonyl (C=O) groups excluding carboxylic acids is 1. The van der Waals surface area contributed by atoms with Crippen LogP contribution in [0.1, 0.15) is 109 Å². The Bertz CT molecular complexity index is 515. The maximum Gasteiger partial charge on any atom is 0.257 e. The topological polar surface area (TPSA) is 38.3 Å². The Hall–Kier alpha value is -1.51. The highest BCUT2D eigenvalue weighted by Crippen LogP contribution is 2.14. The fourth-order valence-electron chi connectivity index (χ4n) is 3.60. The Morgan fingerprint density at radius 2 is 1.34 bits per heavy atom. The van der Waals surface area contributed by atoms with E-state index >= 15 is 0 Å². The summed E-state index contributed by atoms with van der Waals surface area (Å²) < 4.78 is 5.57. The van der Waals surface area contributed by atoms with Crippen molar-refractivity contribution in [2.45, 2.75) is 110 Å². The summed E-state index contributed by atoms with van der Waals surface area (Å²) >= 11 is 0. The highest BCUT2D eigenvalue weighted by atomic mass is 16.5. The molecule has 0 spiro atoms. The number of nitrogens with one attached hydrogen (secondary N) is 1. The zero-order chi connectivity index (χ0) is 21.0. The quantitative estimate of drug-likeness (QED) is 0.247. The highest BCUT2D eigenvalue weighted by molar-refractivity contribution is 5.77. The van der Waals surface area contributed by atoms with Crippen LogP contribution in [0, 0.1) is 0 Å². The molecule has 0 aliphatic carbocycles. The van der Waals surface area contributed by atoms with Gasteiger partial charge in [-0.05, 0) is 30.5 Å². The summed E-state index contributed by atoms with van der Waals surface area (Å²) in [5.74, 6) is 0.748. The standard InChI is InChI=1S/C26H45NO2/c1-3-5-6-7-8-9-10-11-12-13-14-15-16-17-21-27-26(28)23-29-25-20-18-19-24(4-2)22-25/h18-20,22H,3-17,21,23H2,1-2H3,(H,27,28). The van der Waals surface area contributed by atoms with Crippen molar-refractivity contribution in [3.8, 4) is 5.75 Å². The highest BCUT2D eigenvalue weighted by Gasteiger charge is 2.02. The second kappa shape index (κ2) is 18.5. The summed E-state index contributed by atoms with van der Waals surface area (Å²) in [5, 5.41) is 2.96. The molecule has 0 aromatic heterocycles. The largest absolute Gasteiger partial charge is 0.484 e. The zero-order valence-electron chi connectivity index (χ0n) is 19.1. The number of amides is 1. The van der Waals surface area contributed by atoms with Crippen molar-refractivity contribution in [2.75, 3.05) is 13.2 Å². The number of benzene rings is 1. The average molecular weight is 404 g/mol. The lowest BCUT2D eigenvalue weighted by molar-refractivity contribution is -0.123. The van der Waals surface area contributed by atoms with Crippen LogP contribution in [-0.2, 0) is 11.2 Å². The van der Waals surface area contributed by atoms with E-state index in [2.05, 4.69) is 25.2 Å². The van der Waals surface area contributed by atoms with Crippen molar-refractivity contribution in [1.82, 2.24) is 5.32 Å². The van der Waals surface area contributed by atoms with Crippen molar-refractivity contribution < 1.29 is 9.53 Å². The van der Waals surface area contributed by atoms with Crippen molar-refractivity contribution in [3.63, 3.8) is 0 Å². The van der Waals surface area contributed by atoms with Crippen LogP contribution >= 0.6 is 0 Å². The second-order valence-electron chi connectivity index (χ2n) is 8.24. The van der Waals surface area contributed by atoms with Gasteiger partial charge in [-0.25, -0.2) is 0 Å². The SMILES string of the molecule is CCCCCCCCCCCCCCCCNC(=O)COc1cccc(CC)c1. The zero-order valence-corrected chi connectivity index (χ0v) is 19.1. The molecule has 0 unspecified atom stereocenters. The number of unbranched alkanes of at least 4 members (excludes halogenated alkanes) is 13. The van der Waals surface area contributed by atoms with E-state index < -0.39 is 0 Å². The lowest BCUT2D eigenvalue weighted by Crippen LogP contribution is -2.29. The molecule has 0 saturated carbocycles. The first-order valence-corrected chi connectivity index (χ1v) is 12.2. The molecule has 0 heterocycles. The summed E-state index contributed by atoms with van der Waals surface area (Å²) in [7, 11) is 0. The minimum Gasteiger partial charge on any atom is -0.484 e. The molecule has 1 aromatic carbocycles. The van der Waals surface area contributed by atoms with Crippen LogP contribution in [0.3, 0.4) is 0 Å². The number of hydrogen-bond acceptors (Lipinski definition) is 2. The molecule has 1 amide bonds. The van der Waals surface area contributed by atoms with Crippen LogP contribution in [0.15, 0.2) is 24.3 Å². The molecule has 1 N–H and O–H groups in total. The van der Waals surface area contributed by atoms with Gasteiger partial charge in [0.1, 0.15) is 5.75 Å². The van der Waals surface area contributed by atoms with E-state index in [9.17, 15) is 4.79 Å². The van der Waals surface area contributed by atoms with Crippen molar-refractivity contribution in [3.05, 3.63) is 29.8 Å². The predicted octanol–water partition coefficient (Wildman–Crippen LogP) is 7.23. The average Bonchev–Trinajstić information content (AvgIpc) is 2.75. The third-order valence-corrected chi connectivity index (χ3v) is 5.53. The molecule has 1 rings (SSSR count). The summed E-state index contributed by atoms with van der Waals surface area (Å²) in [5.41, 5.74) is 1.23. The number of rotatable bonds is 19. The fourth-order valence-corrected chi connectivity index (χ4v) is 3.60. The van der Waals surface area contributed by atoms with E-state index in [1.165, 1.54) is 89.0 Å². The lowest BCUT2D eigenvalue weighted by Gasteiger charge is -2.08. The molecule has 0 radical (unpaired) electrons. The van der Waals surface area contributed by atoms with Gasteiger partial charge in [-0.2, -0.15) is 0 Å². The molecule has 0 saturated heterocycles. The molecule has 3 heteroatoms. The molecular formula is C26H45NO2. The molecule has 1 aromatic rings. The first-order valence-electron chi connectivity index (χ1n) is 12.2. The van der Waals surface area contributed by atoms with E-state index in [1.54, 1.807) is 0 Å². The van der Waals surface area contributed by atoms with Crippen LogP contribution in [0.25, 0.3) is 0 Å². The monoisotopic (exact) mass is 403 g/mol. The third-order valence-electron chi connectivity index (χ3n) is 5.53. The molecule has 0 aliphatic rings. The van der Waals surface area contributed by atoms with E-state index in [0.717, 1.165) is 25.1 Å². The van der Waals surface area contributed by atoms with E-state index in [0.29, 0.717) is 0 Å². The van der Waals surface area contributed by atoms with Gasteiger partial charge in [0.2, 0.25) is 0 Å². The summed E-state index contributed by atoms with van der Waals surface area (Å²) in [6.07, 6.45) is 19.9. The molecule has 0 aliphatic heterocycles. The van der Waals surface area contributed by atoms with Gasteiger partial charge in [0.05, 0.1) is 0 Å². The minimum atomic E-state index is -0.0263. The van der Waals surface area contributed by atoms with Gasteiger partial charge in [-0.1, -0.05) is 109 Å². The number of carbonyl (C=O) groups is 1.